The van der Waals surface area contributed by atoms with Crippen LogP contribution in [-0.2, 0) is 46.1 Å². The van der Waals surface area contributed by atoms with Gasteiger partial charge in [0.05, 0.1) is 50.3 Å². The fourth-order valence-electron chi connectivity index (χ4n) is 6.58. The van der Waals surface area contributed by atoms with Crippen LogP contribution in [0.15, 0.2) is 96.1 Å². The van der Waals surface area contributed by atoms with Gasteiger partial charge in [-0.05, 0) is 53.8 Å². The molecule has 2 aliphatic rings. The molecule has 0 spiro atoms. The van der Waals surface area contributed by atoms with Gasteiger partial charge in [0.1, 0.15) is 24.4 Å². The molecule has 10 atom stereocenters. The van der Waals surface area contributed by atoms with E-state index in [0.29, 0.717) is 18.8 Å². The molecule has 0 amide bonds. The summed E-state index contributed by atoms with van der Waals surface area (Å²) in [7, 11) is -2.20. The number of hydrogen-bond donors (Lipinski definition) is 0. The smallest absolute Gasteiger partial charge is 0.338 e. The first-order valence-electron chi connectivity index (χ1n) is 19.0. The van der Waals surface area contributed by atoms with Crippen LogP contribution in [0.2, 0.25) is 18.1 Å². The summed E-state index contributed by atoms with van der Waals surface area (Å²) in [6.45, 7) is 18.2. The van der Waals surface area contributed by atoms with Crippen LogP contribution in [0.4, 0.5) is 0 Å². The van der Waals surface area contributed by atoms with Crippen LogP contribution >= 0.6 is 0 Å². The van der Waals surface area contributed by atoms with Crippen molar-refractivity contribution in [2.24, 2.45) is 17.0 Å². The quantitative estimate of drug-likeness (QED) is 0.0494. The third-order valence-corrected chi connectivity index (χ3v) is 15.7. The molecule has 2 saturated heterocycles. The number of hydrogen-bond acceptors (Lipinski definition) is 9. The molecular formula is C42H57N3O8Si. The molecule has 2 aliphatic heterocycles. The lowest BCUT2D eigenvalue weighted by Gasteiger charge is -2.49. The minimum atomic E-state index is -2.20. The number of carbonyl (C=O) groups is 1. The zero-order valence-electron chi connectivity index (χ0n) is 32.9. The maximum atomic E-state index is 13.6. The number of nitrogens with zero attached hydrogens (tertiary/aromatic N) is 3. The van der Waals surface area contributed by atoms with Crippen molar-refractivity contribution in [1.29, 1.82) is 0 Å². The van der Waals surface area contributed by atoms with Crippen molar-refractivity contribution >= 4 is 14.3 Å². The summed E-state index contributed by atoms with van der Waals surface area (Å²) in [4.78, 5) is 16.7. The molecule has 2 heterocycles. The molecule has 0 aromatic heterocycles. The Bertz CT molecular complexity index is 1650. The van der Waals surface area contributed by atoms with E-state index < -0.39 is 63.1 Å². The molecule has 0 aliphatic carbocycles. The zero-order chi connectivity index (χ0) is 38.9. The molecule has 3 aromatic rings. The largest absolute Gasteiger partial charge is 0.458 e. The summed E-state index contributed by atoms with van der Waals surface area (Å²) in [6.07, 6.45) is -4.47. The van der Waals surface area contributed by atoms with Crippen molar-refractivity contribution in [1.82, 2.24) is 0 Å². The third kappa shape index (κ3) is 10.6. The normalized spacial score (nSPS) is 28.9. The SMILES string of the molecule is CC1[C@H](C)OC(CO[Si](C)(C)C(C)(C)C)[C@H](O[C@@H]2OC(COCc3ccccc3)[C@H](C)[C@H](OC(=O)c3ccccc3)C2N=[N+]=[N-])[C@H]1OCc1ccccc1. The van der Waals surface area contributed by atoms with Gasteiger partial charge in [-0.3, -0.25) is 0 Å². The summed E-state index contributed by atoms with van der Waals surface area (Å²) in [6, 6.07) is 27.6. The first-order valence-corrected chi connectivity index (χ1v) is 21.9. The lowest BCUT2D eigenvalue weighted by Crippen LogP contribution is -2.62. The van der Waals surface area contributed by atoms with E-state index in [1.54, 1.807) is 24.3 Å². The Labute approximate surface area is 321 Å². The molecule has 0 bridgehead atoms. The molecule has 3 aromatic carbocycles. The number of esters is 1. The van der Waals surface area contributed by atoms with Crippen molar-refractivity contribution in [3.63, 3.8) is 0 Å². The van der Waals surface area contributed by atoms with Crippen LogP contribution in [-0.4, -0.2) is 76.5 Å². The fourth-order valence-corrected chi connectivity index (χ4v) is 7.59. The first kappa shape index (κ1) is 41.6. The molecule has 12 heteroatoms. The van der Waals surface area contributed by atoms with Gasteiger partial charge in [-0.15, -0.1) is 0 Å². The molecule has 292 valence electrons. The monoisotopic (exact) mass is 759 g/mol. The van der Waals surface area contributed by atoms with E-state index in [0.717, 1.165) is 11.1 Å². The first-order chi connectivity index (χ1) is 25.8. The summed E-state index contributed by atoms with van der Waals surface area (Å²) < 4.78 is 46.2. The number of benzene rings is 3. The summed E-state index contributed by atoms with van der Waals surface area (Å²) >= 11 is 0. The van der Waals surface area contributed by atoms with Gasteiger partial charge in [0.15, 0.2) is 14.6 Å². The Balaban J connectivity index is 1.48. The summed E-state index contributed by atoms with van der Waals surface area (Å²) in [5, 5.41) is 4.14. The highest BCUT2D eigenvalue weighted by atomic mass is 28.4. The zero-order valence-corrected chi connectivity index (χ0v) is 33.9. The Kier molecular flexibility index (Phi) is 14.5. The van der Waals surface area contributed by atoms with Gasteiger partial charge < -0.3 is 32.8 Å². The number of ether oxygens (including phenoxy) is 6. The van der Waals surface area contributed by atoms with E-state index in [2.05, 4.69) is 50.8 Å². The third-order valence-electron chi connectivity index (χ3n) is 11.2. The topological polar surface area (TPSA) is 130 Å². The van der Waals surface area contributed by atoms with Gasteiger partial charge in [0, 0.05) is 16.7 Å². The van der Waals surface area contributed by atoms with Gasteiger partial charge in [0.2, 0.25) is 0 Å². The fraction of sp³-hybridized carbons (Fsp3) is 0.548. The standard InChI is InChI=1S/C42H57N3O8Si/c1-28-30(3)50-35(27-49-54(7,8)42(4,5)6)39(38(28)48-25-32-20-14-10-15-21-32)53-41-36(44-45-43)37(52-40(46)33-22-16-11-17-23-33)29(2)34(51-41)26-47-24-31-18-12-9-13-19-31/h9-23,28-30,34-39,41H,24-27H2,1-8H3/t28?,29-,30-,34?,35?,36?,37-,38-,39-,41-/m0/s1. The van der Waals surface area contributed by atoms with Gasteiger partial charge >= 0.3 is 5.97 Å². The van der Waals surface area contributed by atoms with Crippen LogP contribution in [0, 0.1) is 11.8 Å². The maximum absolute atomic E-state index is 13.6. The van der Waals surface area contributed by atoms with Crippen LogP contribution < -0.4 is 0 Å². The number of rotatable bonds is 15. The van der Waals surface area contributed by atoms with Crippen LogP contribution in [0.5, 0.6) is 0 Å². The number of carbonyl (C=O) groups excluding carboxylic acids is 1. The molecule has 0 N–H and O–H groups in total. The predicted octanol–water partition coefficient (Wildman–Crippen LogP) is 8.88. The molecule has 11 nitrogen and oxygen atoms in total. The number of azide groups is 1. The van der Waals surface area contributed by atoms with Gasteiger partial charge in [-0.1, -0.05) is 119 Å². The second kappa shape index (κ2) is 18.8. The Morgan fingerprint density at radius 2 is 1.37 bits per heavy atom. The van der Waals surface area contributed by atoms with Gasteiger partial charge in [-0.25, -0.2) is 4.79 Å². The Morgan fingerprint density at radius 3 is 1.96 bits per heavy atom. The molecule has 5 rings (SSSR count). The highest BCUT2D eigenvalue weighted by Gasteiger charge is 2.52. The minimum absolute atomic E-state index is 0.0296. The average Bonchev–Trinajstić information content (AvgIpc) is 3.16. The van der Waals surface area contributed by atoms with Crippen molar-refractivity contribution < 1.29 is 37.6 Å². The Morgan fingerprint density at radius 1 is 0.778 bits per heavy atom. The molecule has 0 saturated carbocycles. The van der Waals surface area contributed by atoms with Crippen LogP contribution in [0.1, 0.15) is 63.0 Å². The lowest BCUT2D eigenvalue weighted by molar-refractivity contribution is -0.312. The van der Waals surface area contributed by atoms with Gasteiger partial charge in [-0.2, -0.15) is 0 Å². The van der Waals surface area contributed by atoms with E-state index in [9.17, 15) is 10.3 Å². The second-order valence-electron chi connectivity index (χ2n) is 16.0. The minimum Gasteiger partial charge on any atom is -0.458 e. The average molecular weight is 760 g/mol. The lowest BCUT2D eigenvalue weighted by atomic mass is 9.87. The van der Waals surface area contributed by atoms with E-state index in [4.69, 9.17) is 32.8 Å². The summed E-state index contributed by atoms with van der Waals surface area (Å²) in [5.41, 5.74) is 12.3. The van der Waals surface area contributed by atoms with E-state index in [-0.39, 0.29) is 30.3 Å². The van der Waals surface area contributed by atoms with Gasteiger partial charge in [0.25, 0.3) is 0 Å². The van der Waals surface area contributed by atoms with Crippen molar-refractivity contribution in [3.05, 3.63) is 118 Å². The predicted molar refractivity (Wildman–Crippen MR) is 209 cm³/mol. The van der Waals surface area contributed by atoms with E-state index >= 15 is 0 Å². The van der Waals surface area contributed by atoms with E-state index in [1.807, 2.05) is 80.6 Å². The molecular weight excluding hydrogens is 703 g/mol. The highest BCUT2D eigenvalue weighted by molar-refractivity contribution is 6.74. The molecule has 54 heavy (non-hydrogen) atoms. The van der Waals surface area contributed by atoms with Crippen molar-refractivity contribution in [3.8, 4) is 0 Å². The summed E-state index contributed by atoms with van der Waals surface area (Å²) in [5.74, 6) is -1.04. The molecule has 2 fully saturated rings. The van der Waals surface area contributed by atoms with Crippen molar-refractivity contribution in [2.75, 3.05) is 13.2 Å². The Hall–Kier alpha value is -3.58. The van der Waals surface area contributed by atoms with Crippen molar-refractivity contribution in [2.45, 2.75) is 122 Å². The second-order valence-corrected chi connectivity index (χ2v) is 20.8. The highest BCUT2D eigenvalue weighted by Crippen LogP contribution is 2.40. The maximum Gasteiger partial charge on any atom is 0.338 e. The molecule has 4 unspecified atom stereocenters. The molecule has 0 radical (unpaired) electrons. The van der Waals surface area contributed by atoms with Crippen LogP contribution in [0.25, 0.3) is 10.4 Å². The van der Waals surface area contributed by atoms with Crippen LogP contribution in [0.3, 0.4) is 0 Å². The van der Waals surface area contributed by atoms with E-state index in [1.165, 1.54) is 0 Å².